The summed E-state index contributed by atoms with van der Waals surface area (Å²) in [6, 6.07) is 13.8. The molecule has 3 aromatic rings. The molecule has 0 saturated carbocycles. The van der Waals surface area contributed by atoms with E-state index in [1.165, 1.54) is 11.3 Å². The van der Waals surface area contributed by atoms with E-state index in [-0.39, 0.29) is 5.91 Å². The minimum absolute atomic E-state index is 0.128. The Kier molecular flexibility index (Phi) is 6.05. The van der Waals surface area contributed by atoms with Gasteiger partial charge >= 0.3 is 0 Å². The highest BCUT2D eigenvalue weighted by atomic mass is 32.1. The summed E-state index contributed by atoms with van der Waals surface area (Å²) in [6.45, 7) is 2.46. The molecule has 7 heteroatoms. The van der Waals surface area contributed by atoms with Gasteiger partial charge < -0.3 is 15.0 Å². The Hall–Kier alpha value is -2.93. The van der Waals surface area contributed by atoms with Crippen molar-refractivity contribution in [2.75, 3.05) is 32.1 Å². The SMILES string of the molecule is COc1ccccc1CCNc1cc(-c2ccc(C(=O)N3CCCC3)s2)ncn1. The number of nitrogens with one attached hydrogen (secondary N) is 1. The average molecular weight is 409 g/mol. The van der Waals surface area contributed by atoms with Crippen LogP contribution in [0.4, 0.5) is 5.82 Å². The van der Waals surface area contributed by atoms with Crippen molar-refractivity contribution in [3.05, 3.63) is 59.2 Å². The van der Waals surface area contributed by atoms with Crippen LogP contribution in [-0.4, -0.2) is 47.5 Å². The Bertz CT molecular complexity index is 982. The second-order valence-corrected chi connectivity index (χ2v) is 8.02. The lowest BCUT2D eigenvalue weighted by Gasteiger charge is -2.13. The van der Waals surface area contributed by atoms with Crippen LogP contribution in [0.15, 0.2) is 48.8 Å². The third kappa shape index (κ3) is 4.56. The highest BCUT2D eigenvalue weighted by Crippen LogP contribution is 2.29. The van der Waals surface area contributed by atoms with Gasteiger partial charge in [0.05, 0.1) is 22.6 Å². The average Bonchev–Trinajstić information content (AvgIpc) is 3.46. The van der Waals surface area contributed by atoms with E-state index in [0.717, 1.165) is 71.5 Å². The van der Waals surface area contributed by atoms with Crippen LogP contribution >= 0.6 is 11.3 Å². The number of anilines is 1. The van der Waals surface area contributed by atoms with Gasteiger partial charge in [0.2, 0.25) is 0 Å². The second-order valence-electron chi connectivity index (χ2n) is 6.94. The van der Waals surface area contributed by atoms with Crippen LogP contribution in [0.3, 0.4) is 0 Å². The highest BCUT2D eigenvalue weighted by molar-refractivity contribution is 7.17. The van der Waals surface area contributed by atoms with Gasteiger partial charge in [0.1, 0.15) is 17.9 Å². The molecule has 29 heavy (non-hydrogen) atoms. The summed E-state index contributed by atoms with van der Waals surface area (Å²) in [7, 11) is 1.69. The number of carbonyl (C=O) groups is 1. The fourth-order valence-electron chi connectivity index (χ4n) is 3.49. The Balaban J connectivity index is 1.40. The number of aromatic nitrogens is 2. The van der Waals surface area contributed by atoms with E-state index in [2.05, 4.69) is 21.4 Å². The zero-order valence-electron chi connectivity index (χ0n) is 16.4. The minimum Gasteiger partial charge on any atom is -0.496 e. The van der Waals surface area contributed by atoms with Gasteiger partial charge in [-0.2, -0.15) is 0 Å². The standard InChI is InChI=1S/C22H24N4O2S/c1-28-18-7-3-2-6-16(18)10-11-23-21-14-17(24-15-25-21)19-8-9-20(29-19)22(27)26-12-4-5-13-26/h2-3,6-9,14-15H,4-5,10-13H2,1H3,(H,23,24,25). The maximum absolute atomic E-state index is 12.6. The number of hydrogen-bond acceptors (Lipinski definition) is 6. The first-order chi connectivity index (χ1) is 14.2. The van der Waals surface area contributed by atoms with Crippen molar-refractivity contribution in [1.29, 1.82) is 0 Å². The molecular weight excluding hydrogens is 384 g/mol. The Morgan fingerprint density at radius 2 is 2.00 bits per heavy atom. The topological polar surface area (TPSA) is 67.3 Å². The molecule has 1 aliphatic heterocycles. The Labute approximate surface area is 174 Å². The van der Waals surface area contributed by atoms with Crippen molar-refractivity contribution < 1.29 is 9.53 Å². The molecule has 3 heterocycles. The number of carbonyl (C=O) groups excluding carboxylic acids is 1. The van der Waals surface area contributed by atoms with Gasteiger partial charge in [0, 0.05) is 25.7 Å². The van der Waals surface area contributed by atoms with Crippen molar-refractivity contribution in [3.63, 3.8) is 0 Å². The third-order valence-corrected chi connectivity index (χ3v) is 6.12. The molecule has 1 aromatic carbocycles. The molecule has 0 unspecified atom stereocenters. The summed E-state index contributed by atoms with van der Waals surface area (Å²) < 4.78 is 5.40. The number of amides is 1. The molecule has 0 radical (unpaired) electrons. The van der Waals surface area contributed by atoms with E-state index in [4.69, 9.17) is 4.74 Å². The molecule has 4 rings (SSSR count). The van der Waals surface area contributed by atoms with Crippen molar-refractivity contribution in [2.45, 2.75) is 19.3 Å². The van der Waals surface area contributed by atoms with Crippen molar-refractivity contribution >= 4 is 23.1 Å². The van der Waals surface area contributed by atoms with Crippen molar-refractivity contribution in [1.82, 2.24) is 14.9 Å². The largest absolute Gasteiger partial charge is 0.496 e. The summed E-state index contributed by atoms with van der Waals surface area (Å²) in [6.07, 6.45) is 4.58. The Morgan fingerprint density at radius 3 is 2.83 bits per heavy atom. The zero-order chi connectivity index (χ0) is 20.1. The number of likely N-dealkylation sites (tertiary alicyclic amines) is 1. The van der Waals surface area contributed by atoms with Gasteiger partial charge in [-0.3, -0.25) is 4.79 Å². The maximum Gasteiger partial charge on any atom is 0.263 e. The van der Waals surface area contributed by atoms with Crippen LogP contribution in [0.1, 0.15) is 28.1 Å². The van der Waals surface area contributed by atoms with Gasteiger partial charge in [0.25, 0.3) is 5.91 Å². The van der Waals surface area contributed by atoms with Crippen LogP contribution < -0.4 is 10.1 Å². The van der Waals surface area contributed by atoms with Gasteiger partial charge in [-0.1, -0.05) is 18.2 Å². The van der Waals surface area contributed by atoms with E-state index < -0.39 is 0 Å². The number of thiophene rings is 1. The number of methoxy groups -OCH3 is 1. The molecule has 0 bridgehead atoms. The molecular formula is C22H24N4O2S. The van der Waals surface area contributed by atoms with Crippen molar-refractivity contribution in [2.24, 2.45) is 0 Å². The first-order valence-corrected chi connectivity index (χ1v) is 10.6. The van der Waals surface area contributed by atoms with Gasteiger partial charge in [-0.05, 0) is 43.0 Å². The first-order valence-electron chi connectivity index (χ1n) is 9.82. The molecule has 1 saturated heterocycles. The smallest absolute Gasteiger partial charge is 0.263 e. The molecule has 0 spiro atoms. The number of para-hydroxylation sites is 1. The molecule has 1 amide bonds. The van der Waals surface area contributed by atoms with Crippen LogP contribution in [0.2, 0.25) is 0 Å². The van der Waals surface area contributed by atoms with E-state index in [1.807, 2.05) is 41.3 Å². The quantitative estimate of drug-likeness (QED) is 0.637. The van der Waals surface area contributed by atoms with E-state index in [0.29, 0.717) is 0 Å². The number of hydrogen-bond donors (Lipinski definition) is 1. The highest BCUT2D eigenvalue weighted by Gasteiger charge is 2.21. The second kappa shape index (κ2) is 9.05. The lowest BCUT2D eigenvalue weighted by atomic mass is 10.1. The van der Waals surface area contributed by atoms with Crippen LogP contribution in [-0.2, 0) is 6.42 Å². The van der Waals surface area contributed by atoms with Crippen LogP contribution in [0.25, 0.3) is 10.6 Å². The molecule has 1 aliphatic rings. The molecule has 2 aromatic heterocycles. The lowest BCUT2D eigenvalue weighted by molar-refractivity contribution is 0.0797. The third-order valence-electron chi connectivity index (χ3n) is 5.02. The van der Waals surface area contributed by atoms with Crippen LogP contribution in [0, 0.1) is 0 Å². The van der Waals surface area contributed by atoms with Crippen LogP contribution in [0.5, 0.6) is 5.75 Å². The summed E-state index contributed by atoms with van der Waals surface area (Å²) >= 11 is 1.49. The molecule has 0 atom stereocenters. The molecule has 1 N–H and O–H groups in total. The van der Waals surface area contributed by atoms with E-state index >= 15 is 0 Å². The summed E-state index contributed by atoms with van der Waals surface area (Å²) in [5.41, 5.74) is 1.98. The number of ether oxygens (including phenoxy) is 1. The zero-order valence-corrected chi connectivity index (χ0v) is 17.2. The summed E-state index contributed by atoms with van der Waals surface area (Å²) in [5.74, 6) is 1.79. The molecule has 1 fully saturated rings. The monoisotopic (exact) mass is 408 g/mol. The first kappa shape index (κ1) is 19.4. The fourth-order valence-corrected chi connectivity index (χ4v) is 4.43. The predicted octanol–water partition coefficient (Wildman–Crippen LogP) is 4.10. The summed E-state index contributed by atoms with van der Waals surface area (Å²) in [5, 5.41) is 3.35. The Morgan fingerprint density at radius 1 is 1.17 bits per heavy atom. The van der Waals surface area contributed by atoms with Crippen molar-refractivity contribution in [3.8, 4) is 16.3 Å². The lowest BCUT2D eigenvalue weighted by Crippen LogP contribution is -2.26. The number of benzene rings is 1. The molecule has 150 valence electrons. The maximum atomic E-state index is 12.6. The van der Waals surface area contributed by atoms with E-state index in [1.54, 1.807) is 13.4 Å². The van der Waals surface area contributed by atoms with Gasteiger partial charge in [-0.15, -0.1) is 11.3 Å². The van der Waals surface area contributed by atoms with E-state index in [9.17, 15) is 4.79 Å². The number of rotatable bonds is 7. The predicted molar refractivity (Wildman–Crippen MR) is 116 cm³/mol. The molecule has 6 nitrogen and oxygen atoms in total. The molecule has 0 aliphatic carbocycles. The fraction of sp³-hybridized carbons (Fsp3) is 0.318. The summed E-state index contributed by atoms with van der Waals surface area (Å²) in [4.78, 5) is 25.0. The number of nitrogens with zero attached hydrogens (tertiary/aromatic N) is 3. The normalized spacial score (nSPS) is 13.5. The van der Waals surface area contributed by atoms with Gasteiger partial charge in [0.15, 0.2) is 0 Å². The minimum atomic E-state index is 0.128. The van der Waals surface area contributed by atoms with Gasteiger partial charge in [-0.25, -0.2) is 9.97 Å².